The van der Waals surface area contributed by atoms with Crippen LogP contribution in [-0.4, -0.2) is 0 Å². The molecule has 0 fully saturated rings. The molecule has 0 aromatic carbocycles. The summed E-state index contributed by atoms with van der Waals surface area (Å²) in [5, 5.41) is 0. The third-order valence-corrected chi connectivity index (χ3v) is 0. The Labute approximate surface area is 59.8 Å². The maximum Gasteiger partial charge on any atom is 0 e. The van der Waals surface area contributed by atoms with Gasteiger partial charge in [0.15, 0.2) is 0 Å². The molecule has 0 amide bonds. The summed E-state index contributed by atoms with van der Waals surface area (Å²) in [6.45, 7) is 0. The molecule has 0 aliphatic heterocycles. The molecule has 0 aromatic rings. The quantitative estimate of drug-likeness (QED) is 0.634. The van der Waals surface area contributed by atoms with Crippen molar-refractivity contribution in [1.82, 2.24) is 6.15 Å². The van der Waals surface area contributed by atoms with Gasteiger partial charge in [0.2, 0.25) is 0 Å². The molecule has 0 aliphatic rings. The zero-order valence-electron chi connectivity index (χ0n) is 1.75. The predicted molar refractivity (Wildman–Crippen MR) is 12.3 cm³/mol. The van der Waals surface area contributed by atoms with Crippen LogP contribution in [0.25, 0.3) is 0 Å². The minimum Gasteiger partial charge on any atom is -0.344 e. The Balaban J connectivity index is 0. The number of halogens is 1. The molecule has 0 saturated carbocycles. The minimum absolute atomic E-state index is 0. The minimum atomic E-state index is 0. The van der Waals surface area contributed by atoms with E-state index in [0.29, 0.717) is 0 Å². The summed E-state index contributed by atoms with van der Waals surface area (Å²) >= 11 is 0. The zero-order valence-corrected chi connectivity index (χ0v) is 6.39. The molecule has 1 nitrogen and oxygen atoms in total. The molecule has 3 N–H and O–H groups in total. The summed E-state index contributed by atoms with van der Waals surface area (Å²) in [5.74, 6) is 0. The van der Waals surface area contributed by atoms with Crippen molar-refractivity contribution in [2.24, 2.45) is 0 Å². The average Bonchev–Trinajstić information content (AvgIpc) is 0. The van der Waals surface area contributed by atoms with E-state index in [-0.39, 0.29) is 60.0 Å². The van der Waals surface area contributed by atoms with Gasteiger partial charge in [0.1, 0.15) is 0 Å². The Bertz CT molecular complexity index is 8.00. The van der Waals surface area contributed by atoms with Gasteiger partial charge in [-0.3, -0.25) is 0 Å². The fourth-order valence-corrected chi connectivity index (χ4v) is 0. The maximum absolute atomic E-state index is 0. The van der Waals surface area contributed by atoms with Gasteiger partial charge in [0.05, 0.1) is 0 Å². The van der Waals surface area contributed by atoms with Crippen LogP contribution < -0.4 is 6.15 Å². The zero-order chi connectivity index (χ0) is 0. The van der Waals surface area contributed by atoms with E-state index in [9.17, 15) is 0 Å². The molecule has 0 saturated heterocycles. The second-order valence-corrected chi connectivity index (χ2v) is 0. The first-order valence-corrected chi connectivity index (χ1v) is 0. The number of hydrogen-bond donors (Lipinski definition) is 1. The average molecular weight is 355 g/mol. The first-order chi connectivity index (χ1) is 0. The summed E-state index contributed by atoms with van der Waals surface area (Å²) in [6, 6.07) is 0. The monoisotopic (exact) mass is 354 g/mol. The fourth-order valence-electron chi connectivity index (χ4n) is 0. The molecule has 36 valence electrons. The largest absolute Gasteiger partial charge is 0.344 e. The molecule has 0 bridgehead atoms. The van der Waals surface area contributed by atoms with Gasteiger partial charge in [-0.15, -0.1) is 12.4 Å². The van der Waals surface area contributed by atoms with Crippen molar-refractivity contribution in [2.45, 2.75) is 0 Å². The van der Waals surface area contributed by atoms with Crippen molar-refractivity contribution in [3.8, 4) is 0 Å². The van der Waals surface area contributed by atoms with Crippen LogP contribution in [0.1, 0.15) is 0 Å². The van der Waals surface area contributed by atoms with Crippen molar-refractivity contribution >= 4 is 12.4 Å². The molecule has 0 aromatic heterocycles. The van der Waals surface area contributed by atoms with Crippen molar-refractivity contribution in [2.75, 3.05) is 0 Å². The van der Waals surface area contributed by atoms with Crippen molar-refractivity contribution in [3.63, 3.8) is 0 Å². The number of hydrogen-bond acceptors (Lipinski definition) is 1. The van der Waals surface area contributed by atoms with E-state index in [4.69, 9.17) is 0 Å². The van der Waals surface area contributed by atoms with Crippen LogP contribution in [0.3, 0.4) is 0 Å². The normalized spacial score (nSPS) is 0. The van der Waals surface area contributed by atoms with Gasteiger partial charge in [-0.25, -0.2) is 0 Å². The molecule has 4 heavy (non-hydrogen) atoms. The van der Waals surface area contributed by atoms with Crippen LogP contribution >= 0.6 is 12.4 Å². The molecule has 0 radical (unpaired) electrons. The van der Waals surface area contributed by atoms with Crippen molar-refractivity contribution < 1.29 is 41.5 Å². The van der Waals surface area contributed by atoms with Crippen LogP contribution in [-0.2, 0) is 41.5 Å². The molecule has 0 spiro atoms. The molecule has 0 unspecified atom stereocenters. The third kappa shape index (κ3) is 9.50. The summed E-state index contributed by atoms with van der Waals surface area (Å²) in [7, 11) is 0. The topological polar surface area (TPSA) is 35.0 Å². The van der Waals surface area contributed by atoms with Crippen molar-refractivity contribution in [3.05, 3.63) is 0 Å². The second-order valence-electron chi connectivity index (χ2n) is 0. The molecular formula is H4ClNPdPt. The molecule has 0 heterocycles. The van der Waals surface area contributed by atoms with Gasteiger partial charge in [0.25, 0.3) is 0 Å². The van der Waals surface area contributed by atoms with Crippen LogP contribution in [0, 0.1) is 0 Å². The Kier molecular flexibility index (Phi) is 269. The van der Waals surface area contributed by atoms with Crippen LogP contribution in [0.15, 0.2) is 0 Å². The fraction of sp³-hybridized carbons (Fsp3) is 0. The van der Waals surface area contributed by atoms with E-state index >= 15 is 0 Å². The van der Waals surface area contributed by atoms with Gasteiger partial charge < -0.3 is 6.15 Å². The Morgan fingerprint density at radius 1 is 1.00 bits per heavy atom. The molecular weight excluding hydrogens is 351 g/mol. The Morgan fingerprint density at radius 3 is 1.00 bits per heavy atom. The summed E-state index contributed by atoms with van der Waals surface area (Å²) in [5.41, 5.74) is 0. The van der Waals surface area contributed by atoms with E-state index in [0.717, 1.165) is 0 Å². The summed E-state index contributed by atoms with van der Waals surface area (Å²) in [6.07, 6.45) is 0. The second kappa shape index (κ2) is 23.3. The molecule has 0 aliphatic carbocycles. The SMILES string of the molecule is Cl.N.[Pd].[Pt]. The van der Waals surface area contributed by atoms with Crippen LogP contribution in [0.2, 0.25) is 0 Å². The van der Waals surface area contributed by atoms with Crippen molar-refractivity contribution in [1.29, 1.82) is 0 Å². The standard InChI is InChI=1S/ClH.H3N.Pd.Pt/h1H;1H3;;. The van der Waals surface area contributed by atoms with Crippen LogP contribution in [0.4, 0.5) is 0 Å². The third-order valence-electron chi connectivity index (χ3n) is 0. The van der Waals surface area contributed by atoms with Crippen LogP contribution in [0.5, 0.6) is 0 Å². The van der Waals surface area contributed by atoms with Gasteiger partial charge >= 0.3 is 0 Å². The van der Waals surface area contributed by atoms with E-state index in [1.54, 1.807) is 0 Å². The molecule has 0 rings (SSSR count). The number of rotatable bonds is 0. The predicted octanol–water partition coefficient (Wildman–Crippen LogP) is 0.579. The summed E-state index contributed by atoms with van der Waals surface area (Å²) in [4.78, 5) is 0. The van der Waals surface area contributed by atoms with Gasteiger partial charge in [-0.1, -0.05) is 0 Å². The Hall–Kier alpha value is 1.60. The van der Waals surface area contributed by atoms with Gasteiger partial charge in [0, 0.05) is 41.5 Å². The Morgan fingerprint density at radius 2 is 1.00 bits per heavy atom. The van der Waals surface area contributed by atoms with E-state index in [1.165, 1.54) is 0 Å². The first-order valence-electron chi connectivity index (χ1n) is 0. The molecule has 0 atom stereocenters. The van der Waals surface area contributed by atoms with E-state index in [2.05, 4.69) is 0 Å². The maximum atomic E-state index is 0. The van der Waals surface area contributed by atoms with Gasteiger partial charge in [-0.05, 0) is 0 Å². The van der Waals surface area contributed by atoms with E-state index in [1.807, 2.05) is 0 Å². The van der Waals surface area contributed by atoms with E-state index < -0.39 is 0 Å². The summed E-state index contributed by atoms with van der Waals surface area (Å²) < 4.78 is 0. The smallest absolute Gasteiger partial charge is 0 e. The molecule has 4 heteroatoms. The first kappa shape index (κ1) is 46.3. The van der Waals surface area contributed by atoms with Gasteiger partial charge in [-0.2, -0.15) is 0 Å².